The van der Waals surface area contributed by atoms with Crippen LogP contribution in [0, 0.1) is 20.4 Å². The van der Waals surface area contributed by atoms with Crippen LogP contribution in [0.1, 0.15) is 61.2 Å². The van der Waals surface area contributed by atoms with Gasteiger partial charge in [-0.1, -0.05) is 78.4 Å². The van der Waals surface area contributed by atoms with Crippen molar-refractivity contribution in [3.8, 4) is 78.1 Å². The van der Waals surface area contributed by atoms with E-state index < -0.39 is 206 Å². The van der Waals surface area contributed by atoms with Gasteiger partial charge in [0, 0.05) is 27.2 Å². The van der Waals surface area contributed by atoms with Gasteiger partial charge < -0.3 is 9.13 Å². The van der Waals surface area contributed by atoms with Crippen LogP contribution in [0.25, 0.3) is 127 Å². The van der Waals surface area contributed by atoms with Gasteiger partial charge in [-0.3, -0.25) is 0 Å². The number of hydrogen-bond acceptors (Lipinski definition) is 0. The first-order valence-electron chi connectivity index (χ1n) is 31.2. The first-order chi connectivity index (χ1) is 50.0. The minimum Gasteiger partial charge on any atom is -0.309 e. The van der Waals surface area contributed by atoms with Crippen LogP contribution in [0.2, 0.25) is 0 Å². The zero-order chi connectivity index (χ0) is 78.6. The first-order valence-corrected chi connectivity index (χ1v) is 31.2. The molecule has 2 aromatic heterocycles. The Kier molecular flexibility index (Phi) is 17.6. The van der Waals surface area contributed by atoms with Crippen LogP contribution in [0.15, 0.2) is 194 Å². The Bertz CT molecular complexity index is 5760. The number of alkyl halides is 27. The van der Waals surface area contributed by atoms with Gasteiger partial charge in [0.1, 0.15) is 0 Å². The summed E-state index contributed by atoms with van der Waals surface area (Å²) in [5.41, 5.74) is -27.0. The van der Waals surface area contributed by atoms with Crippen molar-refractivity contribution in [2.75, 3.05) is 0 Å². The molecule has 0 aliphatic rings. The average molecular weight is 1530 g/mol. The molecule has 0 aliphatic carbocycles. The summed E-state index contributed by atoms with van der Waals surface area (Å²) in [4.78, 5) is 3.63. The van der Waals surface area contributed by atoms with E-state index in [1.54, 1.807) is 0 Å². The fraction of sp³-hybridized carbons (Fsp3) is 0.141. The molecule has 3 nitrogen and oxygen atoms in total. The van der Waals surface area contributed by atoms with Crippen molar-refractivity contribution in [2.45, 2.75) is 69.4 Å². The van der Waals surface area contributed by atoms with Gasteiger partial charge in [0.15, 0.2) is 5.69 Å². The molecule has 0 radical (unpaired) electrons. The largest absolute Gasteiger partial charge is 0.418 e. The molecule has 0 spiro atoms. The molecule has 0 amide bonds. The predicted octanol–water partition coefficient (Wildman–Crippen LogP) is 28.2. The molecule has 13 rings (SSSR count). The lowest BCUT2D eigenvalue weighted by molar-refractivity contribution is -0.144. The Labute approximate surface area is 589 Å². The van der Waals surface area contributed by atoms with E-state index >= 15 is 52.7 Å². The first kappa shape index (κ1) is 74.9. The van der Waals surface area contributed by atoms with Crippen LogP contribution in [-0.4, -0.2) is 9.13 Å². The fourth-order valence-corrected chi connectivity index (χ4v) is 13.7. The number of rotatable bonds is 8. The van der Waals surface area contributed by atoms with E-state index in [1.165, 1.54) is 36.6 Å². The van der Waals surface area contributed by atoms with Crippen LogP contribution in [0.3, 0.4) is 0 Å². The molecule has 108 heavy (non-hydrogen) atoms. The predicted molar refractivity (Wildman–Crippen MR) is 348 cm³/mol. The number of hydrogen-bond donors (Lipinski definition) is 0. The molecule has 0 aliphatic heterocycles. The molecule has 0 fully saturated rings. The molecular formula is C78H38F27N3. The number of fused-ring (bicyclic) bond motifs is 6. The summed E-state index contributed by atoms with van der Waals surface area (Å²) in [6, 6.07) is 23.3. The van der Waals surface area contributed by atoms with Gasteiger partial charge in [0.2, 0.25) is 0 Å². The van der Waals surface area contributed by atoms with Gasteiger partial charge in [0.05, 0.1) is 84.4 Å². The molecule has 554 valence electrons. The third-order valence-corrected chi connectivity index (χ3v) is 18.4. The minimum atomic E-state index is -5.77. The van der Waals surface area contributed by atoms with E-state index in [-0.39, 0.29) is 75.0 Å². The van der Waals surface area contributed by atoms with Crippen molar-refractivity contribution < 1.29 is 119 Å². The van der Waals surface area contributed by atoms with Crippen LogP contribution < -0.4 is 0 Å². The highest BCUT2D eigenvalue weighted by Gasteiger charge is 2.44. The van der Waals surface area contributed by atoms with Crippen molar-refractivity contribution in [1.82, 2.24) is 9.13 Å². The third-order valence-electron chi connectivity index (χ3n) is 18.4. The van der Waals surface area contributed by atoms with Crippen LogP contribution >= 0.6 is 0 Å². The standard InChI is InChI=1S/C78H38F27N3/c1-36-7-16-47(58(25-36)74(91,92)93)40-10-23-67-55(28-40)56-30-42(50-19-14-45(72(85,86)87)34-61(50)77(100,101)102)31-62(78(103,104)105)69(56)108(67)66-24-11-41(68-37(2)5-4-6-57(68)73(88,89)90)29-52(66)51-35-46(15-20-63(51)106-3)107-64-21-8-38(48-17-12-43(70(79,80)81)32-59(48)75(94,95)96)26-53(64)54-27-39(9-22-65(54)107)49-18-13-44(71(82,83)84)33-60(49)76(97,98)99/h4-35H,1-2H3. The maximum absolute atomic E-state index is 16.5. The molecule has 0 bridgehead atoms. The Balaban J connectivity index is 1.16. The monoisotopic (exact) mass is 1530 g/mol. The van der Waals surface area contributed by atoms with Gasteiger partial charge in [-0.15, -0.1) is 0 Å². The number of halogens is 27. The average Bonchev–Trinajstić information content (AvgIpc) is 1.54. The molecule has 11 aromatic carbocycles. The van der Waals surface area contributed by atoms with Gasteiger partial charge >= 0.3 is 55.6 Å². The summed E-state index contributed by atoms with van der Waals surface area (Å²) in [5.74, 6) is 0. The van der Waals surface area contributed by atoms with Crippen molar-refractivity contribution in [2.24, 2.45) is 0 Å². The van der Waals surface area contributed by atoms with E-state index in [2.05, 4.69) is 4.85 Å². The van der Waals surface area contributed by atoms with E-state index in [4.69, 9.17) is 6.57 Å². The van der Waals surface area contributed by atoms with E-state index in [1.807, 2.05) is 0 Å². The van der Waals surface area contributed by atoms with Crippen molar-refractivity contribution in [1.29, 1.82) is 0 Å². The molecule has 2 heterocycles. The Morgan fingerprint density at radius 1 is 0.278 bits per heavy atom. The lowest BCUT2D eigenvalue weighted by Crippen LogP contribution is -2.13. The molecule has 13 aromatic rings. The highest BCUT2D eigenvalue weighted by atomic mass is 19.4. The lowest BCUT2D eigenvalue weighted by Gasteiger charge is -2.22. The second kappa shape index (κ2) is 25.4. The summed E-state index contributed by atoms with van der Waals surface area (Å²) in [5, 5.41) is -1.80. The van der Waals surface area contributed by atoms with Crippen molar-refractivity contribution >= 4 is 49.3 Å². The van der Waals surface area contributed by atoms with Crippen LogP contribution in [0.5, 0.6) is 0 Å². The zero-order valence-corrected chi connectivity index (χ0v) is 54.0. The number of benzene rings is 11. The van der Waals surface area contributed by atoms with Gasteiger partial charge in [-0.05, 0) is 207 Å². The summed E-state index contributed by atoms with van der Waals surface area (Å²) in [6.07, 6.45) is -49.0. The fourth-order valence-electron chi connectivity index (χ4n) is 13.7. The molecule has 30 heteroatoms. The smallest absolute Gasteiger partial charge is 0.309 e. The molecule has 0 atom stereocenters. The van der Waals surface area contributed by atoms with E-state index in [0.29, 0.717) is 36.4 Å². The number of aromatic nitrogens is 2. The Hall–Kier alpha value is -11.4. The molecular weight excluding hydrogens is 1490 g/mol. The Morgan fingerprint density at radius 3 is 1.09 bits per heavy atom. The minimum absolute atomic E-state index is 0.0628. The summed E-state index contributed by atoms with van der Waals surface area (Å²) in [6.45, 7) is 11.1. The molecule has 0 saturated carbocycles. The van der Waals surface area contributed by atoms with Crippen molar-refractivity contribution in [3.63, 3.8) is 0 Å². The van der Waals surface area contributed by atoms with Crippen LogP contribution in [0.4, 0.5) is 124 Å². The zero-order valence-electron chi connectivity index (χ0n) is 54.0. The van der Waals surface area contributed by atoms with Gasteiger partial charge in [-0.25, -0.2) is 4.85 Å². The number of aryl methyl sites for hydroxylation is 2. The number of nitrogens with zero attached hydrogens (tertiary/aromatic N) is 3. The topological polar surface area (TPSA) is 14.2 Å². The van der Waals surface area contributed by atoms with Crippen molar-refractivity contribution in [3.05, 3.63) is 267 Å². The summed E-state index contributed by atoms with van der Waals surface area (Å²) >= 11 is 0. The summed E-state index contributed by atoms with van der Waals surface area (Å²) < 4.78 is 404. The lowest BCUT2D eigenvalue weighted by atomic mass is 9.90. The SMILES string of the molecule is [C-]#[N+]c1ccc(-n2c3ccc(-c4ccc(C(F)(F)F)cc4C(F)(F)F)cc3c3cc(-c4ccc(C(F)(F)F)cc4C(F)(F)F)ccc32)cc1-c1cc(-c2c(C)cccc2C(F)(F)F)ccc1-n1c2ccc(-c3ccc(C)cc3C(F)(F)F)cc2c2cc(-c3ccc(C(F)(F)F)cc3C(F)(F)F)cc(C(F)(F)F)c21. The van der Waals surface area contributed by atoms with Gasteiger partial charge in [-0.2, -0.15) is 119 Å². The van der Waals surface area contributed by atoms with E-state index in [9.17, 15) is 65.9 Å². The highest BCUT2D eigenvalue weighted by molar-refractivity contribution is 6.15. The second-order valence-corrected chi connectivity index (χ2v) is 25.1. The molecule has 0 unspecified atom stereocenters. The summed E-state index contributed by atoms with van der Waals surface area (Å²) in [7, 11) is 0. The second-order valence-electron chi connectivity index (χ2n) is 25.1. The van der Waals surface area contributed by atoms with Gasteiger partial charge in [0.25, 0.3) is 0 Å². The highest BCUT2D eigenvalue weighted by Crippen LogP contribution is 2.53. The quantitative estimate of drug-likeness (QED) is 0.106. The Morgan fingerprint density at radius 2 is 0.667 bits per heavy atom. The normalized spacial score (nSPS) is 13.2. The van der Waals surface area contributed by atoms with E-state index in [0.717, 1.165) is 108 Å². The molecule has 0 saturated heterocycles. The third kappa shape index (κ3) is 13.5. The van der Waals surface area contributed by atoms with Crippen LogP contribution in [-0.2, 0) is 55.6 Å². The maximum atomic E-state index is 16.5. The molecule has 0 N–H and O–H groups in total. The maximum Gasteiger partial charge on any atom is 0.418 e.